The van der Waals surface area contributed by atoms with E-state index in [4.69, 9.17) is 15.2 Å². The number of amides is 2. The van der Waals surface area contributed by atoms with E-state index in [9.17, 15) is 14.0 Å². The summed E-state index contributed by atoms with van der Waals surface area (Å²) in [4.78, 5) is 28.8. The SMILES string of the molecule is COCc1nn2c(C(=O)N[C@H]3COc4cc(F)ccc43)ccnc2c1C(N)=O. The molecule has 4 rings (SSSR count). The molecule has 3 aromatic rings. The highest BCUT2D eigenvalue weighted by Crippen LogP contribution is 2.32. The van der Waals surface area contributed by atoms with Gasteiger partial charge >= 0.3 is 0 Å². The van der Waals surface area contributed by atoms with E-state index in [0.717, 1.165) is 0 Å². The van der Waals surface area contributed by atoms with Crippen LogP contribution < -0.4 is 15.8 Å². The molecule has 28 heavy (non-hydrogen) atoms. The number of rotatable bonds is 5. The molecule has 1 aliphatic rings. The van der Waals surface area contributed by atoms with Crippen molar-refractivity contribution >= 4 is 17.5 Å². The van der Waals surface area contributed by atoms with Crippen molar-refractivity contribution in [3.63, 3.8) is 0 Å². The van der Waals surface area contributed by atoms with Crippen LogP contribution in [-0.2, 0) is 11.3 Å². The fourth-order valence-corrected chi connectivity index (χ4v) is 3.19. The van der Waals surface area contributed by atoms with Crippen molar-refractivity contribution in [3.05, 3.63) is 58.8 Å². The predicted molar refractivity (Wildman–Crippen MR) is 94.3 cm³/mol. The number of nitrogens with two attached hydrogens (primary N) is 1. The van der Waals surface area contributed by atoms with Crippen molar-refractivity contribution < 1.29 is 23.5 Å². The minimum atomic E-state index is -0.716. The van der Waals surface area contributed by atoms with Crippen molar-refractivity contribution in [3.8, 4) is 5.75 Å². The maximum atomic E-state index is 13.3. The second-order valence-electron chi connectivity index (χ2n) is 6.20. The van der Waals surface area contributed by atoms with Gasteiger partial charge in [0.2, 0.25) is 0 Å². The third kappa shape index (κ3) is 2.93. The largest absolute Gasteiger partial charge is 0.491 e. The van der Waals surface area contributed by atoms with Gasteiger partial charge in [0.15, 0.2) is 5.65 Å². The Morgan fingerprint density at radius 1 is 1.43 bits per heavy atom. The maximum absolute atomic E-state index is 13.3. The number of aromatic nitrogens is 3. The van der Waals surface area contributed by atoms with Crippen LogP contribution in [0.15, 0.2) is 30.5 Å². The second kappa shape index (κ2) is 6.89. The van der Waals surface area contributed by atoms with E-state index in [2.05, 4.69) is 15.4 Å². The monoisotopic (exact) mass is 385 g/mol. The van der Waals surface area contributed by atoms with Gasteiger partial charge in [-0.1, -0.05) is 6.07 Å². The van der Waals surface area contributed by atoms with Crippen molar-refractivity contribution in [2.45, 2.75) is 12.6 Å². The number of halogens is 1. The molecular formula is C18H16FN5O4. The number of carbonyl (C=O) groups excluding carboxylic acids is 2. The summed E-state index contributed by atoms with van der Waals surface area (Å²) in [5.41, 5.74) is 6.83. The average Bonchev–Trinajstić information content (AvgIpc) is 3.22. The molecule has 0 aliphatic carbocycles. The number of nitrogens with one attached hydrogen (secondary N) is 1. The first-order valence-corrected chi connectivity index (χ1v) is 8.38. The van der Waals surface area contributed by atoms with Crippen molar-refractivity contribution in [1.82, 2.24) is 19.9 Å². The summed E-state index contributed by atoms with van der Waals surface area (Å²) in [5, 5.41) is 7.09. The molecule has 3 heterocycles. The summed E-state index contributed by atoms with van der Waals surface area (Å²) in [5.74, 6) is -1.20. The van der Waals surface area contributed by atoms with Crippen LogP contribution in [0.5, 0.6) is 5.75 Å². The first-order chi connectivity index (χ1) is 13.5. The standard InChI is InChI=1S/C18H16FN5O4/c1-27-7-12-15(16(20)25)17-21-5-4-13(24(17)23-12)18(26)22-11-8-28-14-6-9(19)2-3-10(11)14/h2-6,11H,7-8H2,1H3,(H2,20,25)(H,22,26)/t11-/m0/s1. The maximum Gasteiger partial charge on any atom is 0.270 e. The molecule has 2 amide bonds. The fourth-order valence-electron chi connectivity index (χ4n) is 3.19. The van der Waals surface area contributed by atoms with Gasteiger partial charge in [-0.2, -0.15) is 5.10 Å². The van der Waals surface area contributed by atoms with Gasteiger partial charge < -0.3 is 20.5 Å². The van der Waals surface area contributed by atoms with Gasteiger partial charge in [0.05, 0.1) is 12.6 Å². The molecule has 0 unspecified atom stereocenters. The number of methoxy groups -OCH3 is 1. The summed E-state index contributed by atoms with van der Waals surface area (Å²) < 4.78 is 25.1. The van der Waals surface area contributed by atoms with E-state index in [1.165, 1.54) is 36.0 Å². The van der Waals surface area contributed by atoms with Crippen LogP contribution in [0.4, 0.5) is 4.39 Å². The minimum Gasteiger partial charge on any atom is -0.491 e. The number of hydrogen-bond donors (Lipinski definition) is 2. The van der Waals surface area contributed by atoms with E-state index < -0.39 is 23.7 Å². The molecule has 0 radical (unpaired) electrons. The van der Waals surface area contributed by atoms with Gasteiger partial charge in [-0.3, -0.25) is 9.59 Å². The summed E-state index contributed by atoms with van der Waals surface area (Å²) in [6.45, 7) is 0.220. The Kier molecular flexibility index (Phi) is 4.40. The molecule has 0 saturated heterocycles. The average molecular weight is 385 g/mol. The number of carbonyl (C=O) groups is 2. The van der Waals surface area contributed by atoms with Gasteiger partial charge in [0.1, 0.15) is 35.1 Å². The summed E-state index contributed by atoms with van der Waals surface area (Å²) in [7, 11) is 1.45. The van der Waals surface area contributed by atoms with E-state index in [0.29, 0.717) is 11.3 Å². The van der Waals surface area contributed by atoms with Gasteiger partial charge in [0.25, 0.3) is 11.8 Å². The minimum absolute atomic E-state index is 0.0398. The molecule has 144 valence electrons. The normalized spacial score (nSPS) is 15.3. The first-order valence-electron chi connectivity index (χ1n) is 8.38. The van der Waals surface area contributed by atoms with Crippen LogP contribution in [0.3, 0.4) is 0 Å². The van der Waals surface area contributed by atoms with Crippen LogP contribution in [0.25, 0.3) is 5.65 Å². The highest BCUT2D eigenvalue weighted by molar-refractivity contribution is 6.01. The molecule has 1 aromatic carbocycles. The van der Waals surface area contributed by atoms with Crippen LogP contribution in [0, 0.1) is 5.82 Å². The third-order valence-electron chi connectivity index (χ3n) is 4.41. The summed E-state index contributed by atoms with van der Waals surface area (Å²) >= 11 is 0. The van der Waals surface area contributed by atoms with Gasteiger partial charge in [0, 0.05) is 24.9 Å². The second-order valence-corrected chi connectivity index (χ2v) is 6.20. The molecule has 0 spiro atoms. The Morgan fingerprint density at radius 2 is 2.25 bits per heavy atom. The number of hydrogen-bond acceptors (Lipinski definition) is 6. The molecular weight excluding hydrogens is 369 g/mol. The molecule has 9 nitrogen and oxygen atoms in total. The molecule has 0 bridgehead atoms. The first kappa shape index (κ1) is 17.9. The topological polar surface area (TPSA) is 121 Å². The highest BCUT2D eigenvalue weighted by atomic mass is 19.1. The van der Waals surface area contributed by atoms with E-state index in [1.807, 2.05) is 0 Å². The number of ether oxygens (including phenoxy) is 2. The third-order valence-corrected chi connectivity index (χ3v) is 4.41. The lowest BCUT2D eigenvalue weighted by atomic mass is 10.1. The quantitative estimate of drug-likeness (QED) is 0.675. The van der Waals surface area contributed by atoms with Crippen molar-refractivity contribution in [1.29, 1.82) is 0 Å². The molecule has 3 N–H and O–H groups in total. The van der Waals surface area contributed by atoms with E-state index >= 15 is 0 Å². The molecule has 0 fully saturated rings. The molecule has 1 atom stereocenters. The fraction of sp³-hybridized carbons (Fsp3) is 0.222. The van der Waals surface area contributed by atoms with Crippen LogP contribution >= 0.6 is 0 Å². The zero-order valence-electron chi connectivity index (χ0n) is 14.8. The van der Waals surface area contributed by atoms with Gasteiger partial charge in [-0.15, -0.1) is 0 Å². The van der Waals surface area contributed by atoms with Crippen molar-refractivity contribution in [2.75, 3.05) is 13.7 Å². The predicted octanol–water partition coefficient (Wildman–Crippen LogP) is 0.977. The van der Waals surface area contributed by atoms with Crippen molar-refractivity contribution in [2.24, 2.45) is 5.73 Å². The number of nitrogens with zero attached hydrogens (tertiary/aromatic N) is 3. The van der Waals surface area contributed by atoms with E-state index in [-0.39, 0.29) is 35.8 Å². The van der Waals surface area contributed by atoms with Gasteiger partial charge in [-0.05, 0) is 12.1 Å². The lowest BCUT2D eigenvalue weighted by Crippen LogP contribution is -2.31. The van der Waals surface area contributed by atoms with Gasteiger partial charge in [-0.25, -0.2) is 13.9 Å². The number of benzene rings is 1. The van der Waals surface area contributed by atoms with Crippen LogP contribution in [0.1, 0.15) is 38.1 Å². The Labute approximate surface area is 158 Å². The van der Waals surface area contributed by atoms with Crippen LogP contribution in [-0.4, -0.2) is 40.1 Å². The molecule has 0 saturated carbocycles. The van der Waals surface area contributed by atoms with E-state index in [1.54, 1.807) is 6.07 Å². The number of primary amides is 1. The summed E-state index contributed by atoms with van der Waals surface area (Å²) in [6.07, 6.45) is 1.39. The molecule has 2 aromatic heterocycles. The number of fused-ring (bicyclic) bond motifs is 2. The van der Waals surface area contributed by atoms with Crippen LogP contribution in [0.2, 0.25) is 0 Å². The highest BCUT2D eigenvalue weighted by Gasteiger charge is 2.28. The smallest absolute Gasteiger partial charge is 0.270 e. The molecule has 1 aliphatic heterocycles. The Morgan fingerprint density at radius 3 is 3.00 bits per heavy atom. The molecule has 10 heteroatoms. The Bertz CT molecular complexity index is 1100. The lowest BCUT2D eigenvalue weighted by Gasteiger charge is -2.12. The lowest BCUT2D eigenvalue weighted by molar-refractivity contribution is 0.0921. The zero-order valence-corrected chi connectivity index (χ0v) is 14.8. The Balaban J connectivity index is 1.69. The summed E-state index contributed by atoms with van der Waals surface area (Å²) in [6, 6.07) is 5.17. The zero-order chi connectivity index (χ0) is 19.8. The Hall–Kier alpha value is -3.53.